The minimum Gasteiger partial charge on any atom is -0.508 e. The maximum atomic E-state index is 10.3. The standard InChI is InChI=1S/C36H46N2O2/c39-27-11-9-25-21-33-29-7-1-3-13-35(29,31(25)23-27)15-19-37(33)17-5-6-18-38-20-16-36-14-4-2-8-30(36)34(38)22-26-10-12-28(40)24-32(26)36/h5-6,9-12,23-24,29-30,33-34,39-40H,1-4,7-8,13-22H2/b6-5+. The molecule has 4 heteroatoms. The van der Waals surface area contributed by atoms with Crippen LogP contribution in [0.5, 0.6) is 11.5 Å². The van der Waals surface area contributed by atoms with Crippen molar-refractivity contribution < 1.29 is 10.2 Å². The molecule has 6 unspecified atom stereocenters. The lowest BCUT2D eigenvalue weighted by atomic mass is 9.52. The molecule has 4 bridgehead atoms. The predicted molar refractivity (Wildman–Crippen MR) is 160 cm³/mol. The summed E-state index contributed by atoms with van der Waals surface area (Å²) in [6, 6.07) is 13.8. The molecule has 4 nitrogen and oxygen atoms in total. The highest BCUT2D eigenvalue weighted by Crippen LogP contribution is 2.57. The summed E-state index contributed by atoms with van der Waals surface area (Å²) in [4.78, 5) is 5.60. The number of rotatable bonds is 4. The van der Waals surface area contributed by atoms with Crippen molar-refractivity contribution in [2.75, 3.05) is 26.2 Å². The van der Waals surface area contributed by atoms with E-state index in [2.05, 4.69) is 46.2 Å². The molecule has 6 aliphatic rings. The molecule has 2 saturated carbocycles. The molecule has 2 heterocycles. The highest BCUT2D eigenvalue weighted by Gasteiger charge is 2.55. The van der Waals surface area contributed by atoms with Crippen molar-refractivity contribution in [2.45, 2.75) is 100.0 Å². The SMILES string of the molecule is Oc1ccc2c(c1)C13CCCCC1C(C2)N(C/C=C/CN1CCC24CCCCC2C1Cc1ccc(O)cc14)CC3. The second-order valence-corrected chi connectivity index (χ2v) is 14.2. The van der Waals surface area contributed by atoms with Gasteiger partial charge in [0.2, 0.25) is 0 Å². The smallest absolute Gasteiger partial charge is 0.115 e. The van der Waals surface area contributed by atoms with Gasteiger partial charge < -0.3 is 10.2 Å². The van der Waals surface area contributed by atoms with Crippen LogP contribution in [0, 0.1) is 11.8 Å². The average molecular weight is 539 g/mol. The molecular formula is C36H46N2O2. The van der Waals surface area contributed by atoms with E-state index in [-0.39, 0.29) is 0 Å². The first-order valence-corrected chi connectivity index (χ1v) is 16.4. The number of benzene rings is 2. The maximum Gasteiger partial charge on any atom is 0.115 e. The molecule has 2 saturated heterocycles. The van der Waals surface area contributed by atoms with Gasteiger partial charge in [-0.2, -0.15) is 0 Å². The molecule has 2 aromatic rings. The molecule has 2 aliphatic heterocycles. The minimum absolute atomic E-state index is 0.295. The van der Waals surface area contributed by atoms with Gasteiger partial charge in [0.05, 0.1) is 0 Å². The molecule has 0 amide bonds. The third kappa shape index (κ3) is 3.78. The van der Waals surface area contributed by atoms with Crippen LogP contribution in [0.25, 0.3) is 0 Å². The lowest BCUT2D eigenvalue weighted by molar-refractivity contribution is -0.00707. The Bertz CT molecular complexity index is 1220. The molecule has 4 fully saturated rings. The van der Waals surface area contributed by atoms with Crippen LogP contribution in [0.15, 0.2) is 48.6 Å². The fourth-order valence-electron chi connectivity index (χ4n) is 11.0. The largest absolute Gasteiger partial charge is 0.508 e. The summed E-state index contributed by atoms with van der Waals surface area (Å²) in [5.74, 6) is 2.37. The van der Waals surface area contributed by atoms with E-state index in [1.54, 1.807) is 0 Å². The van der Waals surface area contributed by atoms with Crippen molar-refractivity contribution in [1.82, 2.24) is 9.80 Å². The molecule has 8 rings (SSSR count). The Morgan fingerprint density at radius 3 is 1.60 bits per heavy atom. The number of nitrogens with zero attached hydrogens (tertiary/aromatic N) is 2. The van der Waals surface area contributed by atoms with Gasteiger partial charge in [-0.1, -0.05) is 50.0 Å². The summed E-state index contributed by atoms with van der Waals surface area (Å²) in [5.41, 5.74) is 6.54. The molecule has 0 spiro atoms. The second-order valence-electron chi connectivity index (χ2n) is 14.2. The first-order valence-electron chi connectivity index (χ1n) is 16.4. The van der Waals surface area contributed by atoms with Gasteiger partial charge >= 0.3 is 0 Å². The summed E-state index contributed by atoms with van der Waals surface area (Å²) in [6.45, 7) is 4.50. The van der Waals surface area contributed by atoms with Crippen LogP contribution in [0.3, 0.4) is 0 Å². The molecule has 0 radical (unpaired) electrons. The van der Waals surface area contributed by atoms with E-state index >= 15 is 0 Å². The van der Waals surface area contributed by atoms with Gasteiger partial charge in [-0.3, -0.25) is 9.80 Å². The van der Waals surface area contributed by atoms with Crippen LogP contribution in [-0.4, -0.2) is 58.3 Å². The first kappa shape index (κ1) is 25.4. The normalized spacial score (nSPS) is 36.9. The maximum absolute atomic E-state index is 10.3. The van der Waals surface area contributed by atoms with Crippen LogP contribution in [0.4, 0.5) is 0 Å². The molecule has 2 N–H and O–H groups in total. The van der Waals surface area contributed by atoms with Gasteiger partial charge in [0.25, 0.3) is 0 Å². The fourth-order valence-corrected chi connectivity index (χ4v) is 11.0. The van der Waals surface area contributed by atoms with Gasteiger partial charge in [-0.25, -0.2) is 0 Å². The van der Waals surface area contributed by atoms with Crippen molar-refractivity contribution in [3.63, 3.8) is 0 Å². The lowest BCUT2D eigenvalue weighted by Crippen LogP contribution is -2.61. The van der Waals surface area contributed by atoms with E-state index in [1.165, 1.54) is 99.6 Å². The van der Waals surface area contributed by atoms with E-state index in [1.807, 2.05) is 12.1 Å². The Hall–Kier alpha value is -2.30. The number of phenols is 2. The van der Waals surface area contributed by atoms with Gasteiger partial charge in [0, 0.05) is 36.0 Å². The van der Waals surface area contributed by atoms with Crippen LogP contribution in [0.2, 0.25) is 0 Å². The van der Waals surface area contributed by atoms with Crippen LogP contribution < -0.4 is 0 Å². The highest BCUT2D eigenvalue weighted by molar-refractivity contribution is 5.46. The number of aromatic hydroxyl groups is 2. The third-order valence-corrected chi connectivity index (χ3v) is 12.7. The van der Waals surface area contributed by atoms with Crippen molar-refractivity contribution in [1.29, 1.82) is 0 Å². The van der Waals surface area contributed by atoms with E-state index in [9.17, 15) is 10.2 Å². The zero-order chi connectivity index (χ0) is 26.9. The molecule has 6 atom stereocenters. The summed E-state index contributed by atoms with van der Waals surface area (Å²) < 4.78 is 0. The Morgan fingerprint density at radius 1 is 0.650 bits per heavy atom. The summed E-state index contributed by atoms with van der Waals surface area (Å²) >= 11 is 0. The Balaban J connectivity index is 0.981. The second kappa shape index (κ2) is 9.63. The Labute approximate surface area is 240 Å². The molecule has 212 valence electrons. The molecule has 2 aromatic carbocycles. The molecular weight excluding hydrogens is 492 g/mol. The third-order valence-electron chi connectivity index (χ3n) is 12.7. The lowest BCUT2D eigenvalue weighted by Gasteiger charge is -2.59. The van der Waals surface area contributed by atoms with Crippen molar-refractivity contribution >= 4 is 0 Å². The van der Waals surface area contributed by atoms with E-state index in [4.69, 9.17) is 0 Å². The van der Waals surface area contributed by atoms with Crippen LogP contribution in [0.1, 0.15) is 86.5 Å². The fraction of sp³-hybridized carbons (Fsp3) is 0.611. The van der Waals surface area contributed by atoms with Crippen molar-refractivity contribution in [2.24, 2.45) is 11.8 Å². The van der Waals surface area contributed by atoms with Crippen molar-refractivity contribution in [3.05, 3.63) is 70.8 Å². The quantitative estimate of drug-likeness (QED) is 0.438. The summed E-state index contributed by atoms with van der Waals surface area (Å²) in [6.07, 6.45) is 20.4. The minimum atomic E-state index is 0.295. The topological polar surface area (TPSA) is 46.9 Å². The average Bonchev–Trinajstić information content (AvgIpc) is 2.98. The van der Waals surface area contributed by atoms with Gasteiger partial charge in [0.1, 0.15) is 11.5 Å². The Kier molecular flexibility index (Phi) is 6.12. The summed E-state index contributed by atoms with van der Waals surface area (Å²) in [5, 5.41) is 20.6. The van der Waals surface area contributed by atoms with Crippen molar-refractivity contribution in [3.8, 4) is 11.5 Å². The van der Waals surface area contributed by atoms with Gasteiger partial charge in [0.15, 0.2) is 0 Å². The predicted octanol–water partition coefficient (Wildman–Crippen LogP) is 6.47. The molecule has 4 aliphatic carbocycles. The molecule has 40 heavy (non-hydrogen) atoms. The van der Waals surface area contributed by atoms with E-state index in [0.717, 1.165) is 37.8 Å². The van der Waals surface area contributed by atoms with E-state index < -0.39 is 0 Å². The highest BCUT2D eigenvalue weighted by atomic mass is 16.3. The number of hydrogen-bond donors (Lipinski definition) is 2. The number of fused-ring (bicyclic) bond motifs is 2. The van der Waals surface area contributed by atoms with E-state index in [0.29, 0.717) is 34.4 Å². The van der Waals surface area contributed by atoms with Gasteiger partial charge in [-0.05, 0) is 123 Å². The summed E-state index contributed by atoms with van der Waals surface area (Å²) in [7, 11) is 0. The Morgan fingerprint density at radius 2 is 1.12 bits per heavy atom. The number of likely N-dealkylation sites (tertiary alicyclic amines) is 2. The zero-order valence-electron chi connectivity index (χ0n) is 24.0. The first-order chi connectivity index (χ1) is 19.6. The number of phenolic OH excluding ortho intramolecular Hbond substituents is 2. The monoisotopic (exact) mass is 538 g/mol. The van der Waals surface area contributed by atoms with Crippen LogP contribution in [-0.2, 0) is 23.7 Å². The van der Waals surface area contributed by atoms with Crippen LogP contribution >= 0.6 is 0 Å². The number of hydrogen-bond acceptors (Lipinski definition) is 4. The molecule has 0 aromatic heterocycles. The zero-order valence-corrected chi connectivity index (χ0v) is 24.0. The number of piperidine rings is 2. The van der Waals surface area contributed by atoms with Gasteiger partial charge in [-0.15, -0.1) is 0 Å².